The van der Waals surface area contributed by atoms with E-state index in [2.05, 4.69) is 31.1 Å². The second kappa shape index (κ2) is 6.31. The molecule has 0 saturated carbocycles. The van der Waals surface area contributed by atoms with Crippen LogP contribution < -0.4 is 0 Å². The van der Waals surface area contributed by atoms with Gasteiger partial charge in [-0.15, -0.1) is 0 Å². The molecule has 0 amide bonds. The highest BCUT2D eigenvalue weighted by molar-refractivity contribution is 9.10. The van der Waals surface area contributed by atoms with E-state index in [-0.39, 0.29) is 12.2 Å². The van der Waals surface area contributed by atoms with E-state index >= 15 is 0 Å². The van der Waals surface area contributed by atoms with Crippen LogP contribution in [0.1, 0.15) is 22.9 Å². The van der Waals surface area contributed by atoms with Crippen molar-refractivity contribution in [1.29, 1.82) is 0 Å². The lowest BCUT2D eigenvalue weighted by Gasteiger charge is -2.37. The number of hydrogen-bond donors (Lipinski definition) is 1. The zero-order valence-electron chi connectivity index (χ0n) is 13.3. The van der Waals surface area contributed by atoms with E-state index in [9.17, 15) is 17.6 Å². The van der Waals surface area contributed by atoms with Crippen LogP contribution in [0.4, 0.5) is 17.6 Å². The molecule has 0 aliphatic carbocycles. The topological polar surface area (TPSA) is 44.8 Å². The van der Waals surface area contributed by atoms with Crippen molar-refractivity contribution < 1.29 is 17.6 Å². The highest BCUT2D eigenvalue weighted by atomic mass is 79.9. The molecule has 3 heterocycles. The van der Waals surface area contributed by atoms with Crippen molar-refractivity contribution in [2.75, 3.05) is 13.1 Å². The lowest BCUT2D eigenvalue weighted by molar-refractivity contribution is -0.150. The van der Waals surface area contributed by atoms with Crippen LogP contribution in [0.5, 0.6) is 0 Å². The molecule has 26 heavy (non-hydrogen) atoms. The SMILES string of the molecule is Fc1cc(Br)cnc1C1c2ccc3[nH]ncc3c2CCN1CC(F)(F)F. The van der Waals surface area contributed by atoms with Crippen molar-refractivity contribution in [2.24, 2.45) is 0 Å². The smallest absolute Gasteiger partial charge is 0.282 e. The Hall–Kier alpha value is -2.00. The minimum absolute atomic E-state index is 0.0127. The fourth-order valence-corrected chi connectivity index (χ4v) is 3.86. The number of alkyl halides is 3. The largest absolute Gasteiger partial charge is 0.401 e. The maximum absolute atomic E-state index is 14.6. The minimum Gasteiger partial charge on any atom is -0.282 e. The van der Waals surface area contributed by atoms with Crippen molar-refractivity contribution >= 4 is 26.8 Å². The molecular weight excluding hydrogens is 416 g/mol. The quantitative estimate of drug-likeness (QED) is 0.616. The van der Waals surface area contributed by atoms with Gasteiger partial charge in [0.05, 0.1) is 30.0 Å². The second-order valence-electron chi connectivity index (χ2n) is 6.22. The van der Waals surface area contributed by atoms with Crippen molar-refractivity contribution in [1.82, 2.24) is 20.1 Å². The summed E-state index contributed by atoms with van der Waals surface area (Å²) in [6.45, 7) is -0.976. The summed E-state index contributed by atoms with van der Waals surface area (Å²) in [7, 11) is 0. The van der Waals surface area contributed by atoms with Gasteiger partial charge in [-0.2, -0.15) is 18.3 Å². The Morgan fingerprint density at radius 3 is 2.81 bits per heavy atom. The van der Waals surface area contributed by atoms with E-state index in [1.54, 1.807) is 18.3 Å². The van der Waals surface area contributed by atoms with Crippen molar-refractivity contribution in [2.45, 2.75) is 18.6 Å². The first-order valence-corrected chi connectivity index (χ1v) is 8.69. The first kappa shape index (κ1) is 17.4. The van der Waals surface area contributed by atoms with Gasteiger partial charge in [0.25, 0.3) is 0 Å². The zero-order valence-corrected chi connectivity index (χ0v) is 14.9. The molecule has 3 aromatic rings. The molecule has 2 aromatic heterocycles. The van der Waals surface area contributed by atoms with Crippen LogP contribution in [0, 0.1) is 5.82 Å². The molecule has 1 aliphatic rings. The molecule has 0 spiro atoms. The number of aromatic nitrogens is 3. The van der Waals surface area contributed by atoms with Crippen LogP contribution in [0.2, 0.25) is 0 Å². The molecule has 0 fully saturated rings. The number of rotatable bonds is 2. The van der Waals surface area contributed by atoms with Gasteiger partial charge >= 0.3 is 6.18 Å². The van der Waals surface area contributed by atoms with E-state index in [0.29, 0.717) is 16.5 Å². The van der Waals surface area contributed by atoms with E-state index in [0.717, 1.165) is 16.5 Å². The van der Waals surface area contributed by atoms with Gasteiger partial charge in [0.1, 0.15) is 5.82 Å². The predicted octanol–water partition coefficient (Wildman–Crippen LogP) is 4.37. The fourth-order valence-electron chi connectivity index (χ4n) is 3.56. The lowest BCUT2D eigenvalue weighted by Crippen LogP contribution is -2.42. The fraction of sp³-hybridized carbons (Fsp3) is 0.294. The summed E-state index contributed by atoms with van der Waals surface area (Å²) in [4.78, 5) is 5.32. The number of benzene rings is 1. The Balaban J connectivity index is 1.89. The number of fused-ring (bicyclic) bond motifs is 3. The van der Waals surface area contributed by atoms with Crippen LogP contribution in [0.15, 0.2) is 35.1 Å². The molecule has 1 unspecified atom stereocenters. The number of H-pyrrole nitrogens is 1. The van der Waals surface area contributed by atoms with E-state index in [1.807, 2.05) is 0 Å². The van der Waals surface area contributed by atoms with Crippen LogP contribution >= 0.6 is 15.9 Å². The van der Waals surface area contributed by atoms with Gasteiger partial charge in [-0.25, -0.2) is 4.39 Å². The van der Waals surface area contributed by atoms with Crippen molar-refractivity contribution in [3.63, 3.8) is 0 Å². The van der Waals surface area contributed by atoms with Gasteiger partial charge in [-0.3, -0.25) is 15.0 Å². The lowest BCUT2D eigenvalue weighted by atomic mass is 9.88. The third-order valence-corrected chi connectivity index (χ3v) is 4.99. The highest BCUT2D eigenvalue weighted by Gasteiger charge is 2.39. The van der Waals surface area contributed by atoms with E-state index < -0.39 is 24.6 Å². The number of nitrogens with one attached hydrogen (secondary N) is 1. The van der Waals surface area contributed by atoms with Crippen molar-refractivity contribution in [3.05, 3.63) is 57.7 Å². The van der Waals surface area contributed by atoms with Gasteiger partial charge in [0, 0.05) is 22.6 Å². The molecule has 1 aromatic carbocycles. The Morgan fingerprint density at radius 1 is 1.27 bits per heavy atom. The first-order chi connectivity index (χ1) is 12.3. The molecule has 0 saturated heterocycles. The van der Waals surface area contributed by atoms with Crippen LogP contribution in [-0.2, 0) is 6.42 Å². The van der Waals surface area contributed by atoms with Gasteiger partial charge in [0.15, 0.2) is 0 Å². The van der Waals surface area contributed by atoms with Gasteiger partial charge in [0.2, 0.25) is 0 Å². The third-order valence-electron chi connectivity index (χ3n) is 4.56. The molecule has 1 N–H and O–H groups in total. The summed E-state index contributed by atoms with van der Waals surface area (Å²) in [6.07, 6.45) is -0.914. The standard InChI is InChI=1S/C17H13BrF4N4/c18-9-5-13(19)15(23-6-9)16-11-1-2-14-12(7-24-25-14)10(11)3-4-26(16)8-17(20,21)22/h1-2,5-7,16H,3-4,8H2,(H,24,25). The molecular formula is C17H13BrF4N4. The van der Waals surface area contributed by atoms with E-state index in [4.69, 9.17) is 0 Å². The molecule has 9 heteroatoms. The predicted molar refractivity (Wildman–Crippen MR) is 91.2 cm³/mol. The molecule has 0 radical (unpaired) electrons. The van der Waals surface area contributed by atoms with Gasteiger partial charge in [-0.05, 0) is 45.6 Å². The molecule has 136 valence electrons. The Bertz CT molecular complexity index is 969. The van der Waals surface area contributed by atoms with Gasteiger partial charge in [-0.1, -0.05) is 6.07 Å². The summed E-state index contributed by atoms with van der Waals surface area (Å²) in [6, 6.07) is 3.79. The van der Waals surface area contributed by atoms with Crippen LogP contribution in [-0.4, -0.2) is 39.3 Å². The van der Waals surface area contributed by atoms with Crippen LogP contribution in [0.3, 0.4) is 0 Å². The molecule has 0 bridgehead atoms. The summed E-state index contributed by atoms with van der Waals surface area (Å²) < 4.78 is 54.3. The maximum atomic E-state index is 14.6. The maximum Gasteiger partial charge on any atom is 0.401 e. The average molecular weight is 429 g/mol. The zero-order chi connectivity index (χ0) is 18.5. The summed E-state index contributed by atoms with van der Waals surface area (Å²) in [5.74, 6) is -0.642. The Labute approximate surface area is 154 Å². The monoisotopic (exact) mass is 428 g/mol. The minimum atomic E-state index is -4.39. The third kappa shape index (κ3) is 3.09. The average Bonchev–Trinajstić information content (AvgIpc) is 3.03. The molecule has 4 rings (SSSR count). The first-order valence-electron chi connectivity index (χ1n) is 7.90. The van der Waals surface area contributed by atoms with Crippen molar-refractivity contribution in [3.8, 4) is 0 Å². The summed E-state index contributed by atoms with van der Waals surface area (Å²) in [5, 5.41) is 7.70. The summed E-state index contributed by atoms with van der Waals surface area (Å²) in [5.41, 5.74) is 2.30. The van der Waals surface area contributed by atoms with Gasteiger partial charge < -0.3 is 0 Å². The molecule has 1 aliphatic heterocycles. The number of hydrogen-bond acceptors (Lipinski definition) is 3. The Morgan fingerprint density at radius 2 is 2.08 bits per heavy atom. The summed E-state index contributed by atoms with van der Waals surface area (Å²) >= 11 is 3.13. The Kier molecular flexibility index (Phi) is 4.23. The number of aromatic amines is 1. The van der Waals surface area contributed by atoms with Crippen LogP contribution in [0.25, 0.3) is 10.9 Å². The number of halogens is 5. The number of nitrogens with zero attached hydrogens (tertiary/aromatic N) is 3. The number of pyridine rings is 1. The normalized spacial score (nSPS) is 18.3. The second-order valence-corrected chi connectivity index (χ2v) is 7.14. The van der Waals surface area contributed by atoms with E-state index in [1.165, 1.54) is 17.2 Å². The molecule has 1 atom stereocenters. The highest BCUT2D eigenvalue weighted by Crippen LogP contribution is 2.39. The molecule has 4 nitrogen and oxygen atoms in total.